The highest BCUT2D eigenvalue weighted by molar-refractivity contribution is 6.21. The molecule has 0 spiro atoms. The van der Waals surface area contributed by atoms with Crippen molar-refractivity contribution < 1.29 is 19.1 Å². The molecular weight excluding hydrogens is 488 g/mol. The van der Waals surface area contributed by atoms with Crippen LogP contribution in [0.1, 0.15) is 27.1 Å². The molecule has 2 aliphatic heterocycles. The summed E-state index contributed by atoms with van der Waals surface area (Å²) in [5, 5.41) is 8.62. The number of nitrogens with zero attached hydrogens (tertiary/aromatic N) is 8. The van der Waals surface area contributed by atoms with E-state index in [0.717, 1.165) is 16.3 Å². The summed E-state index contributed by atoms with van der Waals surface area (Å²) in [4.78, 5) is 51.8. The lowest BCUT2D eigenvalue weighted by Gasteiger charge is -2.35. The van der Waals surface area contributed by atoms with Gasteiger partial charge in [0.2, 0.25) is 5.91 Å². The van der Waals surface area contributed by atoms with Gasteiger partial charge >= 0.3 is 0 Å². The van der Waals surface area contributed by atoms with Gasteiger partial charge in [0, 0.05) is 39.1 Å². The highest BCUT2D eigenvalue weighted by Gasteiger charge is 2.35. The van der Waals surface area contributed by atoms with E-state index in [1.807, 2.05) is 24.3 Å². The van der Waals surface area contributed by atoms with Crippen LogP contribution in [0.2, 0.25) is 0 Å². The number of aromatic nitrogens is 5. The van der Waals surface area contributed by atoms with Crippen LogP contribution < -0.4 is 9.64 Å². The third-order valence-electron chi connectivity index (χ3n) is 6.89. The first-order valence-electron chi connectivity index (χ1n) is 12.2. The van der Waals surface area contributed by atoms with Crippen molar-refractivity contribution in [1.82, 2.24) is 34.8 Å². The standard InChI is InChI=1S/C26H24N8O4/c1-38-18-8-6-17(7-9-18)34-24-22(29-30-34)23(27-16-28-24)32-14-12-31(13-15-32)21(35)10-11-33-25(36)19-4-2-3-5-20(19)26(33)37/h2-9,16H,10-15H2,1H3. The molecule has 12 nitrogen and oxygen atoms in total. The number of anilines is 1. The van der Waals surface area contributed by atoms with Crippen molar-refractivity contribution in [1.29, 1.82) is 0 Å². The third kappa shape index (κ3) is 3.99. The summed E-state index contributed by atoms with van der Waals surface area (Å²) in [5.74, 6) is 0.606. The van der Waals surface area contributed by atoms with Crippen LogP contribution in [-0.4, -0.2) is 92.3 Å². The molecule has 0 bridgehead atoms. The van der Waals surface area contributed by atoms with Crippen LogP contribution in [0, 0.1) is 0 Å². The summed E-state index contributed by atoms with van der Waals surface area (Å²) in [5.41, 5.74) is 2.73. The molecule has 2 aromatic carbocycles. The van der Waals surface area contributed by atoms with Gasteiger partial charge in [0.1, 0.15) is 12.1 Å². The zero-order valence-corrected chi connectivity index (χ0v) is 20.6. The Morgan fingerprint density at radius 3 is 2.26 bits per heavy atom. The summed E-state index contributed by atoms with van der Waals surface area (Å²) >= 11 is 0. The Balaban J connectivity index is 1.10. The van der Waals surface area contributed by atoms with Gasteiger partial charge in [0.05, 0.1) is 23.9 Å². The van der Waals surface area contributed by atoms with E-state index < -0.39 is 0 Å². The molecule has 0 N–H and O–H groups in total. The number of amides is 3. The molecule has 38 heavy (non-hydrogen) atoms. The zero-order chi connectivity index (χ0) is 26.2. The average Bonchev–Trinajstić information content (AvgIpc) is 3.51. The number of imide groups is 1. The quantitative estimate of drug-likeness (QED) is 0.354. The molecular formula is C26H24N8O4. The molecule has 4 aromatic rings. The Bertz CT molecular complexity index is 1510. The lowest BCUT2D eigenvalue weighted by molar-refractivity contribution is -0.131. The van der Waals surface area contributed by atoms with E-state index in [1.165, 1.54) is 6.33 Å². The van der Waals surface area contributed by atoms with Crippen molar-refractivity contribution in [2.24, 2.45) is 0 Å². The monoisotopic (exact) mass is 512 g/mol. The van der Waals surface area contributed by atoms with E-state index in [9.17, 15) is 14.4 Å². The van der Waals surface area contributed by atoms with Crippen molar-refractivity contribution in [3.63, 3.8) is 0 Å². The van der Waals surface area contributed by atoms with Crippen molar-refractivity contribution in [3.8, 4) is 11.4 Å². The normalized spacial score (nSPS) is 15.3. The molecule has 1 saturated heterocycles. The summed E-state index contributed by atoms with van der Waals surface area (Å²) in [7, 11) is 1.61. The van der Waals surface area contributed by atoms with E-state index in [-0.39, 0.29) is 30.7 Å². The van der Waals surface area contributed by atoms with Gasteiger partial charge in [-0.15, -0.1) is 5.10 Å². The van der Waals surface area contributed by atoms with Gasteiger partial charge < -0.3 is 14.5 Å². The number of piperazine rings is 1. The minimum absolute atomic E-state index is 0.0619. The number of fused-ring (bicyclic) bond motifs is 2. The molecule has 192 valence electrons. The van der Waals surface area contributed by atoms with Crippen molar-refractivity contribution in [2.75, 3.05) is 44.7 Å². The van der Waals surface area contributed by atoms with E-state index in [1.54, 1.807) is 41.0 Å². The topological polar surface area (TPSA) is 127 Å². The van der Waals surface area contributed by atoms with E-state index >= 15 is 0 Å². The molecule has 0 radical (unpaired) electrons. The molecule has 3 amide bonds. The van der Waals surface area contributed by atoms with Crippen LogP contribution in [0.4, 0.5) is 5.82 Å². The van der Waals surface area contributed by atoms with Crippen molar-refractivity contribution >= 4 is 34.7 Å². The molecule has 1 fully saturated rings. The predicted octanol–water partition coefficient (Wildman–Crippen LogP) is 1.55. The molecule has 12 heteroatoms. The van der Waals surface area contributed by atoms with Crippen LogP contribution in [0.25, 0.3) is 16.9 Å². The lowest BCUT2D eigenvalue weighted by Crippen LogP contribution is -2.49. The second-order valence-corrected chi connectivity index (χ2v) is 8.99. The number of carbonyl (C=O) groups excluding carboxylic acids is 3. The Labute approximate surface area is 217 Å². The van der Waals surface area contributed by atoms with Crippen molar-refractivity contribution in [3.05, 3.63) is 66.0 Å². The lowest BCUT2D eigenvalue weighted by atomic mass is 10.1. The number of benzene rings is 2. The fourth-order valence-corrected chi connectivity index (χ4v) is 4.84. The second-order valence-electron chi connectivity index (χ2n) is 8.99. The van der Waals surface area contributed by atoms with Gasteiger partial charge in [0.15, 0.2) is 17.0 Å². The Morgan fingerprint density at radius 1 is 0.921 bits per heavy atom. The molecule has 4 heterocycles. The van der Waals surface area contributed by atoms with Crippen LogP contribution >= 0.6 is 0 Å². The van der Waals surface area contributed by atoms with Gasteiger partial charge in [-0.05, 0) is 36.4 Å². The zero-order valence-electron chi connectivity index (χ0n) is 20.6. The maximum absolute atomic E-state index is 12.9. The van der Waals surface area contributed by atoms with Gasteiger partial charge in [-0.25, -0.2) is 9.97 Å². The SMILES string of the molecule is COc1ccc(-n2nnc3c(N4CCN(C(=O)CCN5C(=O)c6ccccc6C5=O)CC4)ncnc32)cc1. The molecule has 0 unspecified atom stereocenters. The van der Waals surface area contributed by atoms with Gasteiger partial charge in [-0.3, -0.25) is 19.3 Å². The van der Waals surface area contributed by atoms with Crippen LogP contribution in [-0.2, 0) is 4.79 Å². The minimum atomic E-state index is -0.348. The van der Waals surface area contributed by atoms with E-state index in [0.29, 0.717) is 54.3 Å². The highest BCUT2D eigenvalue weighted by Crippen LogP contribution is 2.25. The van der Waals surface area contributed by atoms with Crippen molar-refractivity contribution in [2.45, 2.75) is 6.42 Å². The largest absolute Gasteiger partial charge is 0.497 e. The van der Waals surface area contributed by atoms with E-state index in [4.69, 9.17) is 4.74 Å². The molecule has 6 rings (SSSR count). The first kappa shape index (κ1) is 23.5. The first-order chi connectivity index (χ1) is 18.5. The molecule has 0 aliphatic carbocycles. The Hall–Kier alpha value is -4.87. The fraction of sp³-hybridized carbons (Fsp3) is 0.269. The van der Waals surface area contributed by atoms with Gasteiger partial charge in [0.25, 0.3) is 11.8 Å². The molecule has 2 aromatic heterocycles. The molecule has 0 atom stereocenters. The first-order valence-corrected chi connectivity index (χ1v) is 12.2. The van der Waals surface area contributed by atoms with E-state index in [2.05, 4.69) is 25.2 Å². The van der Waals surface area contributed by atoms with Crippen LogP contribution in [0.3, 0.4) is 0 Å². The number of methoxy groups -OCH3 is 1. The van der Waals surface area contributed by atoms with Gasteiger partial charge in [-0.2, -0.15) is 4.68 Å². The number of hydrogen-bond acceptors (Lipinski definition) is 9. The maximum atomic E-state index is 12.9. The maximum Gasteiger partial charge on any atom is 0.261 e. The van der Waals surface area contributed by atoms with Crippen LogP contribution in [0.5, 0.6) is 5.75 Å². The number of ether oxygens (including phenoxy) is 1. The fourth-order valence-electron chi connectivity index (χ4n) is 4.84. The number of hydrogen-bond donors (Lipinski definition) is 0. The third-order valence-corrected chi connectivity index (χ3v) is 6.89. The minimum Gasteiger partial charge on any atom is -0.497 e. The summed E-state index contributed by atoms with van der Waals surface area (Å²) in [6.45, 7) is 2.14. The Kier molecular flexibility index (Phi) is 5.91. The number of rotatable bonds is 6. The summed E-state index contributed by atoms with van der Waals surface area (Å²) in [6, 6.07) is 14.2. The Morgan fingerprint density at radius 2 is 1.61 bits per heavy atom. The highest BCUT2D eigenvalue weighted by atomic mass is 16.5. The number of carbonyl (C=O) groups is 3. The van der Waals surface area contributed by atoms with Gasteiger partial charge in [-0.1, -0.05) is 17.3 Å². The molecule has 2 aliphatic rings. The summed E-state index contributed by atoms with van der Waals surface area (Å²) < 4.78 is 6.88. The average molecular weight is 513 g/mol. The summed E-state index contributed by atoms with van der Waals surface area (Å²) in [6.07, 6.45) is 1.57. The van der Waals surface area contributed by atoms with Crippen LogP contribution in [0.15, 0.2) is 54.9 Å². The smallest absolute Gasteiger partial charge is 0.261 e. The predicted molar refractivity (Wildman–Crippen MR) is 136 cm³/mol. The second kappa shape index (κ2) is 9.54. The molecule has 0 saturated carbocycles.